The Morgan fingerprint density at radius 3 is 2.43 bits per heavy atom. The molecular weight excluding hydrogens is 536 g/mol. The number of hydrogen-bond acceptors (Lipinski definition) is 6. The van der Waals surface area contributed by atoms with Crippen LogP contribution >= 0.6 is 28.1 Å². The molecule has 3 atom stereocenters. The molecule has 9 nitrogen and oxygen atoms in total. The molecule has 0 bridgehead atoms. The fraction of sp³-hybridized carbons (Fsp3) is 0.792. The Bertz CT molecular complexity index is 803. The van der Waals surface area contributed by atoms with E-state index in [-0.39, 0.29) is 41.2 Å². The molecule has 0 aromatic carbocycles. The van der Waals surface area contributed by atoms with Gasteiger partial charge in [0.2, 0.25) is 11.8 Å². The van der Waals surface area contributed by atoms with Crippen molar-refractivity contribution in [3.8, 4) is 0 Å². The average molecular weight is 576 g/mol. The van der Waals surface area contributed by atoms with Crippen molar-refractivity contribution in [1.29, 1.82) is 0 Å². The third-order valence-corrected chi connectivity index (χ3v) is 7.75. The minimum atomic E-state index is -1.23. The number of aliphatic carboxylic acids is 1. The van der Waals surface area contributed by atoms with Gasteiger partial charge in [0.05, 0.1) is 11.0 Å². The maximum absolute atomic E-state index is 13.6. The fourth-order valence-electron chi connectivity index (χ4n) is 4.63. The average Bonchev–Trinajstić information content (AvgIpc) is 3.46. The predicted octanol–water partition coefficient (Wildman–Crippen LogP) is 2.28. The van der Waals surface area contributed by atoms with E-state index >= 15 is 0 Å². The number of halogens is 1. The van der Waals surface area contributed by atoms with E-state index in [1.54, 1.807) is 4.90 Å². The first-order valence-electron chi connectivity index (χ1n) is 12.5. The number of likely N-dealkylation sites (tertiary alicyclic amines) is 1. The molecule has 1 aliphatic carbocycles. The zero-order chi connectivity index (χ0) is 26.2. The molecule has 2 unspecified atom stereocenters. The molecule has 2 fully saturated rings. The minimum Gasteiger partial charge on any atom is -0.480 e. The van der Waals surface area contributed by atoms with Crippen LogP contribution in [0.25, 0.3) is 0 Å². The van der Waals surface area contributed by atoms with E-state index in [2.05, 4.69) is 26.6 Å². The second-order valence-electron chi connectivity index (χ2n) is 10.1. The van der Waals surface area contributed by atoms with E-state index in [0.717, 1.165) is 32.1 Å². The van der Waals surface area contributed by atoms with Crippen molar-refractivity contribution in [1.82, 2.24) is 15.5 Å². The Balaban J connectivity index is 2.04. The first-order valence-corrected chi connectivity index (χ1v) is 13.8. The number of alkyl halides is 1. The van der Waals surface area contributed by atoms with Crippen LogP contribution in [0.15, 0.2) is 0 Å². The van der Waals surface area contributed by atoms with Crippen molar-refractivity contribution in [3.05, 3.63) is 0 Å². The van der Waals surface area contributed by atoms with Crippen LogP contribution in [0.5, 0.6) is 0 Å². The molecule has 0 aromatic rings. The first kappa shape index (κ1) is 29.6. The SMILES string of the molecule is CC(C)(NC(=S)CCC(=O)C1CC(Br)CN1C(=O)[C@H](CCCCN)NC(=O)C1CCCC1)C(=O)O. The van der Waals surface area contributed by atoms with Gasteiger partial charge in [0.15, 0.2) is 5.78 Å². The molecular formula is C24H39BrN4O5S. The summed E-state index contributed by atoms with van der Waals surface area (Å²) in [5.41, 5.74) is 4.39. The van der Waals surface area contributed by atoms with Gasteiger partial charge in [-0.1, -0.05) is 41.0 Å². The highest BCUT2D eigenvalue weighted by Gasteiger charge is 2.41. The highest BCUT2D eigenvalue weighted by Crippen LogP contribution is 2.28. The maximum Gasteiger partial charge on any atom is 0.328 e. The second-order valence-corrected chi connectivity index (χ2v) is 11.9. The number of nitrogens with zero attached hydrogens (tertiary/aromatic N) is 1. The first-order chi connectivity index (χ1) is 16.5. The molecule has 2 rings (SSSR count). The maximum atomic E-state index is 13.6. The Morgan fingerprint density at radius 2 is 1.83 bits per heavy atom. The van der Waals surface area contributed by atoms with Crippen LogP contribution in [-0.2, 0) is 19.2 Å². The van der Waals surface area contributed by atoms with Crippen molar-refractivity contribution in [2.75, 3.05) is 13.1 Å². The van der Waals surface area contributed by atoms with Gasteiger partial charge in [0.25, 0.3) is 0 Å². The van der Waals surface area contributed by atoms with E-state index in [0.29, 0.717) is 37.3 Å². The number of thiocarbonyl (C=S) groups is 1. The van der Waals surface area contributed by atoms with Crippen molar-refractivity contribution in [2.45, 2.75) is 101 Å². The molecule has 1 saturated carbocycles. The minimum absolute atomic E-state index is 0.0216. The zero-order valence-corrected chi connectivity index (χ0v) is 23.1. The molecule has 0 spiro atoms. The molecule has 0 radical (unpaired) electrons. The van der Waals surface area contributed by atoms with Crippen LogP contribution in [0.2, 0.25) is 0 Å². The van der Waals surface area contributed by atoms with Crippen molar-refractivity contribution < 1.29 is 24.3 Å². The van der Waals surface area contributed by atoms with Gasteiger partial charge >= 0.3 is 5.97 Å². The number of rotatable bonds is 13. The lowest BCUT2D eigenvalue weighted by molar-refractivity contribution is -0.142. The van der Waals surface area contributed by atoms with E-state index < -0.39 is 23.6 Å². The number of carboxylic acids is 1. The molecule has 5 N–H and O–H groups in total. The molecule has 11 heteroatoms. The van der Waals surface area contributed by atoms with Crippen LogP contribution in [-0.4, -0.2) is 74.1 Å². The number of carbonyl (C=O) groups is 4. The monoisotopic (exact) mass is 574 g/mol. The summed E-state index contributed by atoms with van der Waals surface area (Å²) in [5, 5.41) is 15.0. The van der Waals surface area contributed by atoms with Crippen molar-refractivity contribution >= 4 is 56.7 Å². The lowest BCUT2D eigenvalue weighted by atomic mass is 10.0. The van der Waals surface area contributed by atoms with Crippen molar-refractivity contribution in [2.24, 2.45) is 11.7 Å². The van der Waals surface area contributed by atoms with Gasteiger partial charge in [-0.05, 0) is 58.9 Å². The number of nitrogens with two attached hydrogens (primary N) is 1. The van der Waals surface area contributed by atoms with Crippen molar-refractivity contribution in [3.63, 3.8) is 0 Å². The van der Waals surface area contributed by atoms with E-state index in [9.17, 15) is 24.3 Å². The van der Waals surface area contributed by atoms with Crippen LogP contribution in [0.1, 0.15) is 78.1 Å². The third-order valence-electron chi connectivity index (χ3n) is 6.78. The Kier molecular flexibility index (Phi) is 11.6. The number of nitrogens with one attached hydrogen (secondary N) is 2. The van der Waals surface area contributed by atoms with Gasteiger partial charge < -0.3 is 26.4 Å². The van der Waals surface area contributed by atoms with Gasteiger partial charge in [-0.3, -0.25) is 14.4 Å². The smallest absolute Gasteiger partial charge is 0.328 e. The highest BCUT2D eigenvalue weighted by atomic mass is 79.9. The topological polar surface area (TPSA) is 142 Å². The highest BCUT2D eigenvalue weighted by molar-refractivity contribution is 9.09. The Labute approximate surface area is 221 Å². The quantitative estimate of drug-likeness (QED) is 0.149. The van der Waals surface area contributed by atoms with Crippen LogP contribution in [0.4, 0.5) is 0 Å². The predicted molar refractivity (Wildman–Crippen MR) is 141 cm³/mol. The number of Topliss-reactive ketones (excluding diaryl/α,β-unsaturated/α-hetero) is 1. The summed E-state index contributed by atoms with van der Waals surface area (Å²) in [6.45, 7) is 3.90. The van der Waals surface area contributed by atoms with Gasteiger partial charge in [0, 0.05) is 30.1 Å². The summed E-state index contributed by atoms with van der Waals surface area (Å²) in [6, 6.07) is -1.29. The number of ketones is 1. The summed E-state index contributed by atoms with van der Waals surface area (Å²) < 4.78 is 0. The number of carbonyl (C=O) groups excluding carboxylic acids is 3. The molecule has 2 amide bonds. The number of unbranched alkanes of at least 4 members (excludes halogenated alkanes) is 1. The Morgan fingerprint density at radius 1 is 1.17 bits per heavy atom. The molecule has 2 aliphatic rings. The van der Waals surface area contributed by atoms with Crippen LogP contribution in [0.3, 0.4) is 0 Å². The van der Waals surface area contributed by atoms with E-state index in [1.165, 1.54) is 13.8 Å². The van der Waals surface area contributed by atoms with Gasteiger partial charge in [-0.15, -0.1) is 0 Å². The fourth-order valence-corrected chi connectivity index (χ4v) is 5.65. The summed E-state index contributed by atoms with van der Waals surface area (Å²) in [4.78, 5) is 52.6. The normalized spacial score (nSPS) is 21.5. The number of amides is 2. The molecule has 35 heavy (non-hydrogen) atoms. The largest absolute Gasteiger partial charge is 0.480 e. The molecule has 1 aliphatic heterocycles. The second kappa shape index (κ2) is 13.6. The van der Waals surface area contributed by atoms with Gasteiger partial charge in [-0.2, -0.15) is 0 Å². The lowest BCUT2D eigenvalue weighted by Gasteiger charge is -2.29. The Hall–Kier alpha value is -1.59. The van der Waals surface area contributed by atoms with Gasteiger partial charge in [0.1, 0.15) is 11.6 Å². The summed E-state index contributed by atoms with van der Waals surface area (Å²) in [5.74, 6) is -1.53. The standard InChI is InChI=1S/C24H39BrN4O5S/c1-24(2,23(33)34)28-20(35)11-10-19(30)18-13-16(25)14-29(18)22(32)17(9-5-6-12-26)27-21(31)15-7-3-4-8-15/h15-18H,3-14,26H2,1-2H3,(H,27,31)(H,28,35)(H,33,34)/t16?,17-,18?/m0/s1. The summed E-state index contributed by atoms with van der Waals surface area (Å²) >= 11 is 8.80. The van der Waals surface area contributed by atoms with E-state index in [1.807, 2.05) is 0 Å². The number of hydrogen-bond donors (Lipinski definition) is 4. The summed E-state index contributed by atoms with van der Waals surface area (Å²) in [7, 11) is 0. The van der Waals surface area contributed by atoms with Gasteiger partial charge in [-0.25, -0.2) is 4.79 Å². The number of carboxylic acid groups (broad SMARTS) is 1. The third kappa shape index (κ3) is 8.78. The molecule has 0 aromatic heterocycles. The molecule has 1 saturated heterocycles. The van der Waals surface area contributed by atoms with Crippen LogP contribution in [0, 0.1) is 5.92 Å². The summed E-state index contributed by atoms with van der Waals surface area (Å²) in [6.07, 6.45) is 6.47. The molecule has 1 heterocycles. The van der Waals surface area contributed by atoms with Crippen LogP contribution < -0.4 is 16.4 Å². The molecule has 198 valence electrons. The van der Waals surface area contributed by atoms with E-state index in [4.69, 9.17) is 18.0 Å². The lowest BCUT2D eigenvalue weighted by Crippen LogP contribution is -2.52. The zero-order valence-electron chi connectivity index (χ0n) is 20.7.